The fraction of sp³-hybridized carbons (Fsp3) is 0.850. The van der Waals surface area contributed by atoms with E-state index in [1.807, 2.05) is 9.80 Å². The van der Waals surface area contributed by atoms with Crippen LogP contribution in [0.25, 0.3) is 0 Å². The van der Waals surface area contributed by atoms with Gasteiger partial charge in [-0.1, -0.05) is 13.8 Å². The molecule has 0 aromatic heterocycles. The molecule has 0 radical (unpaired) electrons. The third-order valence-corrected chi connectivity index (χ3v) is 7.12. The molecule has 0 bridgehead atoms. The zero-order chi connectivity index (χ0) is 19.1. The lowest BCUT2D eigenvalue weighted by molar-refractivity contribution is -0.135. The van der Waals surface area contributed by atoms with Crippen molar-refractivity contribution in [1.29, 1.82) is 0 Å². The van der Waals surface area contributed by atoms with E-state index in [-0.39, 0.29) is 29.1 Å². The first kappa shape index (κ1) is 19.2. The van der Waals surface area contributed by atoms with Gasteiger partial charge in [-0.3, -0.25) is 14.4 Å². The lowest BCUT2D eigenvalue weighted by atomic mass is 9.65. The minimum atomic E-state index is -0.445. The summed E-state index contributed by atoms with van der Waals surface area (Å²) in [6, 6.07) is 0. The highest BCUT2D eigenvalue weighted by atomic mass is 16.2. The Bertz CT molecular complexity index is 595. The number of piperidine rings is 1. The van der Waals surface area contributed by atoms with Crippen molar-refractivity contribution in [2.45, 2.75) is 53.4 Å². The van der Waals surface area contributed by atoms with Crippen molar-refractivity contribution in [3.8, 4) is 0 Å². The highest BCUT2D eigenvalue weighted by Crippen LogP contribution is 2.62. The second kappa shape index (κ2) is 6.86. The molecule has 6 nitrogen and oxygen atoms in total. The van der Waals surface area contributed by atoms with E-state index < -0.39 is 5.41 Å². The summed E-state index contributed by atoms with van der Waals surface area (Å²) in [5, 5.41) is 3.15. The molecule has 1 saturated carbocycles. The van der Waals surface area contributed by atoms with Gasteiger partial charge in [0, 0.05) is 46.6 Å². The van der Waals surface area contributed by atoms with Gasteiger partial charge < -0.3 is 15.1 Å². The van der Waals surface area contributed by atoms with Crippen LogP contribution in [0.15, 0.2) is 0 Å². The summed E-state index contributed by atoms with van der Waals surface area (Å²) >= 11 is 0. The van der Waals surface area contributed by atoms with Gasteiger partial charge in [-0.25, -0.2) is 0 Å². The summed E-state index contributed by atoms with van der Waals surface area (Å²) in [7, 11) is 0. The normalized spacial score (nSPS) is 30.0. The number of carbonyl (C=O) groups excluding carboxylic acids is 3. The molecule has 1 spiro atoms. The number of likely N-dealkylation sites (tertiary alicyclic amines) is 2. The van der Waals surface area contributed by atoms with E-state index in [0.29, 0.717) is 25.6 Å². The minimum Gasteiger partial charge on any atom is -0.355 e. The van der Waals surface area contributed by atoms with Crippen molar-refractivity contribution in [3.63, 3.8) is 0 Å². The SMILES string of the molecule is CC(=O)N1CCC2(CC1)CC[C@@]1(C(=O)NCC(C)C)CN(C(C)=O)C[C@@H]21. The van der Waals surface area contributed by atoms with E-state index in [1.54, 1.807) is 13.8 Å². The summed E-state index contributed by atoms with van der Waals surface area (Å²) in [6.07, 6.45) is 3.78. The standard InChI is InChI=1S/C20H33N3O3/c1-14(2)11-21-18(26)20-6-5-19(7-9-22(10-8-19)15(3)24)17(20)12-23(13-20)16(4)25/h14,17H,5-13H2,1-4H3,(H,21,26)/t17-,20+/m0/s1. The number of amides is 3. The molecule has 0 aromatic rings. The molecule has 0 aromatic carbocycles. The second-order valence-electron chi connectivity index (χ2n) is 9.08. The third kappa shape index (κ3) is 3.12. The molecule has 1 N–H and O–H groups in total. The van der Waals surface area contributed by atoms with Crippen LogP contribution in [0.3, 0.4) is 0 Å². The van der Waals surface area contributed by atoms with Gasteiger partial charge in [-0.2, -0.15) is 0 Å². The molecule has 2 heterocycles. The number of nitrogens with one attached hydrogen (secondary N) is 1. The largest absolute Gasteiger partial charge is 0.355 e. The predicted octanol–water partition coefficient (Wildman–Crippen LogP) is 1.65. The van der Waals surface area contributed by atoms with E-state index in [4.69, 9.17) is 0 Å². The van der Waals surface area contributed by atoms with Crippen molar-refractivity contribution < 1.29 is 14.4 Å². The van der Waals surface area contributed by atoms with Gasteiger partial charge in [-0.05, 0) is 42.9 Å². The smallest absolute Gasteiger partial charge is 0.228 e. The quantitative estimate of drug-likeness (QED) is 0.829. The molecule has 3 rings (SSSR count). The average molecular weight is 364 g/mol. The molecule has 2 atom stereocenters. The molecule has 146 valence electrons. The summed E-state index contributed by atoms with van der Waals surface area (Å²) in [6.45, 7) is 10.9. The van der Waals surface area contributed by atoms with Crippen LogP contribution in [-0.4, -0.2) is 60.2 Å². The average Bonchev–Trinajstić information content (AvgIpc) is 3.11. The summed E-state index contributed by atoms with van der Waals surface area (Å²) < 4.78 is 0. The Morgan fingerprint density at radius 3 is 2.15 bits per heavy atom. The predicted molar refractivity (Wildman–Crippen MR) is 99.2 cm³/mol. The topological polar surface area (TPSA) is 69.7 Å². The highest BCUT2D eigenvalue weighted by Gasteiger charge is 2.64. The lowest BCUT2D eigenvalue weighted by Gasteiger charge is -2.44. The molecule has 1 aliphatic carbocycles. The first-order valence-corrected chi connectivity index (χ1v) is 9.99. The summed E-state index contributed by atoms with van der Waals surface area (Å²) in [4.78, 5) is 40.8. The Hall–Kier alpha value is -1.59. The molecule has 2 saturated heterocycles. The van der Waals surface area contributed by atoms with Crippen molar-refractivity contribution >= 4 is 17.7 Å². The molecule has 3 amide bonds. The molecule has 3 aliphatic rings. The zero-order valence-corrected chi connectivity index (χ0v) is 16.6. The second-order valence-corrected chi connectivity index (χ2v) is 9.08. The molecular weight excluding hydrogens is 330 g/mol. The van der Waals surface area contributed by atoms with Crippen molar-refractivity contribution in [3.05, 3.63) is 0 Å². The van der Waals surface area contributed by atoms with E-state index in [0.717, 1.165) is 38.8 Å². The first-order chi connectivity index (χ1) is 12.2. The third-order valence-electron chi connectivity index (χ3n) is 7.12. The maximum Gasteiger partial charge on any atom is 0.228 e. The molecule has 2 aliphatic heterocycles. The van der Waals surface area contributed by atoms with Gasteiger partial charge in [0.05, 0.1) is 5.41 Å². The van der Waals surface area contributed by atoms with Crippen molar-refractivity contribution in [2.24, 2.45) is 22.7 Å². The number of fused-ring (bicyclic) bond motifs is 2. The maximum atomic E-state index is 13.2. The van der Waals surface area contributed by atoms with Gasteiger partial charge in [-0.15, -0.1) is 0 Å². The summed E-state index contributed by atoms with van der Waals surface area (Å²) in [5.41, 5.74) is -0.357. The van der Waals surface area contributed by atoms with Crippen LogP contribution >= 0.6 is 0 Å². The van der Waals surface area contributed by atoms with Crippen LogP contribution in [0, 0.1) is 22.7 Å². The monoisotopic (exact) mass is 363 g/mol. The lowest BCUT2D eigenvalue weighted by Crippen LogP contribution is -2.50. The number of hydrogen-bond donors (Lipinski definition) is 1. The number of rotatable bonds is 3. The van der Waals surface area contributed by atoms with Gasteiger partial charge in [0.15, 0.2) is 0 Å². The molecule has 0 unspecified atom stereocenters. The van der Waals surface area contributed by atoms with Crippen LogP contribution in [0.4, 0.5) is 0 Å². The van der Waals surface area contributed by atoms with Crippen LogP contribution in [0.2, 0.25) is 0 Å². The molecule has 26 heavy (non-hydrogen) atoms. The Balaban J connectivity index is 1.83. The molecule has 6 heteroatoms. The zero-order valence-electron chi connectivity index (χ0n) is 16.6. The van der Waals surface area contributed by atoms with E-state index in [9.17, 15) is 14.4 Å². The van der Waals surface area contributed by atoms with Gasteiger partial charge in [0.2, 0.25) is 17.7 Å². The van der Waals surface area contributed by atoms with E-state index >= 15 is 0 Å². The fourth-order valence-electron chi connectivity index (χ4n) is 5.51. The van der Waals surface area contributed by atoms with Crippen LogP contribution in [0.1, 0.15) is 53.4 Å². The van der Waals surface area contributed by atoms with E-state index in [1.165, 1.54) is 0 Å². The first-order valence-electron chi connectivity index (χ1n) is 9.99. The van der Waals surface area contributed by atoms with Crippen molar-refractivity contribution in [1.82, 2.24) is 15.1 Å². The Kier molecular flexibility index (Phi) is 5.06. The fourth-order valence-corrected chi connectivity index (χ4v) is 5.51. The number of hydrogen-bond acceptors (Lipinski definition) is 3. The Morgan fingerprint density at radius 1 is 1.00 bits per heavy atom. The van der Waals surface area contributed by atoms with Crippen LogP contribution in [0.5, 0.6) is 0 Å². The van der Waals surface area contributed by atoms with Crippen LogP contribution < -0.4 is 5.32 Å². The van der Waals surface area contributed by atoms with Crippen LogP contribution in [-0.2, 0) is 14.4 Å². The summed E-state index contributed by atoms with van der Waals surface area (Å²) in [5.74, 6) is 0.946. The number of nitrogens with zero attached hydrogens (tertiary/aromatic N) is 2. The Labute approximate surface area is 156 Å². The van der Waals surface area contributed by atoms with E-state index in [2.05, 4.69) is 19.2 Å². The minimum absolute atomic E-state index is 0.0618. The highest BCUT2D eigenvalue weighted by molar-refractivity contribution is 5.86. The Morgan fingerprint density at radius 2 is 1.62 bits per heavy atom. The molecular formula is C20H33N3O3. The van der Waals surface area contributed by atoms with Gasteiger partial charge in [0.1, 0.15) is 0 Å². The van der Waals surface area contributed by atoms with Gasteiger partial charge in [0.25, 0.3) is 0 Å². The van der Waals surface area contributed by atoms with Crippen molar-refractivity contribution in [2.75, 3.05) is 32.7 Å². The van der Waals surface area contributed by atoms with Gasteiger partial charge >= 0.3 is 0 Å². The number of carbonyl (C=O) groups is 3. The maximum absolute atomic E-state index is 13.2. The molecule has 3 fully saturated rings.